The van der Waals surface area contributed by atoms with Gasteiger partial charge in [-0.25, -0.2) is 9.78 Å². The lowest BCUT2D eigenvalue weighted by atomic mass is 10.1. The molecule has 2 heterocycles. The molecule has 1 amide bonds. The summed E-state index contributed by atoms with van der Waals surface area (Å²) in [5.41, 5.74) is 11.1. The maximum absolute atomic E-state index is 12.2. The fraction of sp³-hybridized carbons (Fsp3) is 0.346. The Balaban J connectivity index is 1.26. The molecule has 35 heavy (non-hydrogen) atoms. The number of H-pyrrole nitrogens is 1. The molecule has 2 aliphatic carbocycles. The van der Waals surface area contributed by atoms with E-state index in [1.54, 1.807) is 0 Å². The molecule has 4 N–H and O–H groups in total. The lowest BCUT2D eigenvalue weighted by Gasteiger charge is -2.14. The summed E-state index contributed by atoms with van der Waals surface area (Å²) in [6.07, 6.45) is 5.50. The molecule has 1 unspecified atom stereocenters. The third-order valence-corrected chi connectivity index (χ3v) is 6.75. The molecule has 9 heteroatoms. The fourth-order valence-corrected chi connectivity index (χ4v) is 4.55. The Morgan fingerprint density at radius 1 is 1.20 bits per heavy atom. The molecule has 0 radical (unpaired) electrons. The molecule has 1 atom stereocenters. The van der Waals surface area contributed by atoms with Crippen LogP contribution in [-0.4, -0.2) is 31.9 Å². The van der Waals surface area contributed by atoms with Crippen molar-refractivity contribution in [2.45, 2.75) is 51.4 Å². The van der Waals surface area contributed by atoms with E-state index in [0.29, 0.717) is 30.1 Å². The van der Waals surface area contributed by atoms with Crippen LogP contribution in [0.1, 0.15) is 44.5 Å². The minimum Gasteiger partial charge on any atom is -0.486 e. The van der Waals surface area contributed by atoms with Crippen LogP contribution in [0.25, 0.3) is 22.2 Å². The van der Waals surface area contributed by atoms with Gasteiger partial charge in [0.15, 0.2) is 5.82 Å². The summed E-state index contributed by atoms with van der Waals surface area (Å²) >= 11 is 0. The maximum atomic E-state index is 12.2. The third kappa shape index (κ3) is 4.41. The van der Waals surface area contributed by atoms with Gasteiger partial charge >= 0.3 is 6.09 Å². The highest BCUT2D eigenvalue weighted by atomic mass is 16.6. The molecule has 9 nitrogen and oxygen atoms in total. The first-order chi connectivity index (χ1) is 17.1. The van der Waals surface area contributed by atoms with Gasteiger partial charge in [0.05, 0.1) is 16.9 Å². The van der Waals surface area contributed by atoms with Crippen molar-refractivity contribution in [1.82, 2.24) is 19.7 Å². The number of aromatic nitrogens is 4. The fourth-order valence-electron chi connectivity index (χ4n) is 4.55. The van der Waals surface area contributed by atoms with Gasteiger partial charge in [0.1, 0.15) is 24.8 Å². The molecule has 0 bridgehead atoms. The van der Waals surface area contributed by atoms with Crippen LogP contribution in [-0.2, 0) is 11.3 Å². The highest BCUT2D eigenvalue weighted by Crippen LogP contribution is 2.47. The predicted octanol–water partition coefficient (Wildman–Crippen LogP) is 5.27. The number of benzene rings is 2. The minimum absolute atomic E-state index is 0.0482. The SMILES string of the molecule is CC(OC(=O)Nc1ccc(-c2c(N)c3ccc(OCc4ncn[nH]4)cc3n2C2CC2)cc1)C1CC1. The van der Waals surface area contributed by atoms with E-state index in [-0.39, 0.29) is 6.10 Å². The van der Waals surface area contributed by atoms with E-state index in [0.717, 1.165) is 59.3 Å². The number of ether oxygens (including phenoxy) is 2. The molecule has 180 valence electrons. The number of carbonyl (C=O) groups is 1. The Hall–Kier alpha value is -4.01. The lowest BCUT2D eigenvalue weighted by molar-refractivity contribution is 0.108. The first-order valence-electron chi connectivity index (χ1n) is 12.1. The van der Waals surface area contributed by atoms with Crippen LogP contribution in [0.3, 0.4) is 0 Å². The summed E-state index contributed by atoms with van der Waals surface area (Å²) in [7, 11) is 0. The van der Waals surface area contributed by atoms with Crippen molar-refractivity contribution in [1.29, 1.82) is 0 Å². The third-order valence-electron chi connectivity index (χ3n) is 6.75. The number of nitrogen functional groups attached to an aromatic ring is 1. The highest BCUT2D eigenvalue weighted by Gasteiger charge is 2.31. The van der Waals surface area contributed by atoms with Crippen LogP contribution in [0.5, 0.6) is 5.75 Å². The van der Waals surface area contributed by atoms with E-state index in [2.05, 4.69) is 25.1 Å². The summed E-state index contributed by atoms with van der Waals surface area (Å²) in [4.78, 5) is 16.3. The van der Waals surface area contributed by atoms with Crippen LogP contribution >= 0.6 is 0 Å². The van der Waals surface area contributed by atoms with Gasteiger partial charge in [0, 0.05) is 28.7 Å². The average molecular weight is 473 g/mol. The quantitative estimate of drug-likeness (QED) is 0.321. The zero-order valence-corrected chi connectivity index (χ0v) is 19.5. The van der Waals surface area contributed by atoms with Crippen molar-refractivity contribution in [3.05, 3.63) is 54.6 Å². The molecule has 0 saturated heterocycles. The number of fused-ring (bicyclic) bond motifs is 1. The van der Waals surface area contributed by atoms with Gasteiger partial charge in [0.2, 0.25) is 0 Å². The molecule has 2 aromatic carbocycles. The zero-order valence-electron chi connectivity index (χ0n) is 19.5. The number of nitrogens with two attached hydrogens (primary N) is 1. The van der Waals surface area contributed by atoms with Gasteiger partial charge in [-0.2, -0.15) is 5.10 Å². The number of rotatable bonds is 8. The van der Waals surface area contributed by atoms with Crippen molar-refractivity contribution in [2.24, 2.45) is 5.92 Å². The lowest BCUT2D eigenvalue weighted by Crippen LogP contribution is -2.21. The van der Waals surface area contributed by atoms with E-state index in [4.69, 9.17) is 15.2 Å². The number of hydrogen-bond acceptors (Lipinski definition) is 6. The van der Waals surface area contributed by atoms with Gasteiger partial charge in [-0.3, -0.25) is 10.4 Å². The number of anilines is 2. The zero-order chi connectivity index (χ0) is 23.9. The van der Waals surface area contributed by atoms with Crippen molar-refractivity contribution < 1.29 is 14.3 Å². The Morgan fingerprint density at radius 3 is 2.69 bits per heavy atom. The molecule has 6 rings (SSSR count). The summed E-state index contributed by atoms with van der Waals surface area (Å²) in [6.45, 7) is 2.26. The summed E-state index contributed by atoms with van der Waals surface area (Å²) in [5, 5.41) is 10.5. The summed E-state index contributed by atoms with van der Waals surface area (Å²) in [6, 6.07) is 14.1. The van der Waals surface area contributed by atoms with Gasteiger partial charge in [0.25, 0.3) is 0 Å². The standard InChI is InChI=1S/C26H28N6O3/c1-15(16-2-3-16)35-26(33)30-18-6-4-17(5-7-18)25-24(27)21-11-10-20(34-13-23-28-14-29-31-23)12-22(21)32(25)19-8-9-19/h4-7,10-12,14-16,19H,2-3,8-9,13,27H2,1H3,(H,30,33)(H,28,29,31). The first kappa shape index (κ1) is 21.5. The van der Waals surface area contributed by atoms with E-state index in [9.17, 15) is 4.79 Å². The Labute approximate surface area is 202 Å². The van der Waals surface area contributed by atoms with E-state index >= 15 is 0 Å². The molecule has 4 aromatic rings. The second kappa shape index (κ2) is 8.65. The average Bonchev–Trinajstić information content (AvgIpc) is 3.79. The maximum Gasteiger partial charge on any atom is 0.411 e. The van der Waals surface area contributed by atoms with Gasteiger partial charge < -0.3 is 19.8 Å². The van der Waals surface area contributed by atoms with Gasteiger partial charge in [-0.05, 0) is 62.8 Å². The van der Waals surface area contributed by atoms with Crippen LogP contribution in [0, 0.1) is 5.92 Å². The molecule has 2 saturated carbocycles. The van der Waals surface area contributed by atoms with Crippen LogP contribution in [0.4, 0.5) is 16.2 Å². The van der Waals surface area contributed by atoms with Crippen LogP contribution in [0.15, 0.2) is 48.8 Å². The monoisotopic (exact) mass is 472 g/mol. The number of hydrogen-bond donors (Lipinski definition) is 3. The topological polar surface area (TPSA) is 120 Å². The predicted molar refractivity (Wildman–Crippen MR) is 133 cm³/mol. The van der Waals surface area contributed by atoms with Crippen molar-refractivity contribution in [2.75, 3.05) is 11.1 Å². The van der Waals surface area contributed by atoms with Gasteiger partial charge in [-0.15, -0.1) is 0 Å². The Bertz CT molecular complexity index is 1350. The molecular formula is C26H28N6O3. The van der Waals surface area contributed by atoms with E-state index < -0.39 is 6.09 Å². The first-order valence-corrected chi connectivity index (χ1v) is 12.1. The van der Waals surface area contributed by atoms with E-state index in [1.807, 2.05) is 49.4 Å². The summed E-state index contributed by atoms with van der Waals surface area (Å²) < 4.78 is 13.7. The van der Waals surface area contributed by atoms with Crippen LogP contribution in [0.2, 0.25) is 0 Å². The van der Waals surface area contributed by atoms with Crippen molar-refractivity contribution in [3.8, 4) is 17.0 Å². The van der Waals surface area contributed by atoms with Crippen molar-refractivity contribution >= 4 is 28.4 Å². The minimum atomic E-state index is -0.415. The van der Waals surface area contributed by atoms with Crippen LogP contribution < -0.4 is 15.8 Å². The normalized spacial score (nSPS) is 16.3. The number of carbonyl (C=O) groups excluding carboxylic acids is 1. The van der Waals surface area contributed by atoms with Crippen molar-refractivity contribution in [3.63, 3.8) is 0 Å². The number of amides is 1. The molecule has 2 fully saturated rings. The number of nitrogens with one attached hydrogen (secondary N) is 2. The Kier molecular flexibility index (Phi) is 5.32. The molecule has 2 aliphatic rings. The largest absolute Gasteiger partial charge is 0.486 e. The highest BCUT2D eigenvalue weighted by molar-refractivity contribution is 6.02. The smallest absolute Gasteiger partial charge is 0.411 e. The number of nitrogens with zero attached hydrogens (tertiary/aromatic N) is 3. The molecule has 2 aromatic heterocycles. The Morgan fingerprint density at radius 2 is 2.00 bits per heavy atom. The summed E-state index contributed by atoms with van der Waals surface area (Å²) in [5.74, 6) is 1.92. The van der Waals surface area contributed by atoms with E-state index in [1.165, 1.54) is 6.33 Å². The molecular weight excluding hydrogens is 444 g/mol. The number of aromatic amines is 1. The molecule has 0 aliphatic heterocycles. The molecule has 0 spiro atoms. The second-order valence-corrected chi connectivity index (χ2v) is 9.41. The van der Waals surface area contributed by atoms with Gasteiger partial charge in [-0.1, -0.05) is 12.1 Å². The second-order valence-electron chi connectivity index (χ2n) is 9.41.